The van der Waals surface area contributed by atoms with E-state index in [1.165, 1.54) is 110 Å². The highest BCUT2D eigenvalue weighted by Gasteiger charge is 2.46. The number of nitrogens with zero attached hydrogens (tertiary/aromatic N) is 1. The highest BCUT2D eigenvalue weighted by molar-refractivity contribution is 5.99. The number of anilines is 3. The lowest BCUT2D eigenvalue weighted by Crippen LogP contribution is -2.28. The fraction of sp³-hybridized carbons (Fsp3) is 0.179. The Morgan fingerprint density at radius 1 is 0.456 bits per heavy atom. The third kappa shape index (κ3) is 6.00. The maximum Gasteiger partial charge on any atom is 0.0714 e. The third-order valence-electron chi connectivity index (χ3n) is 12.9. The predicted octanol–water partition coefficient (Wildman–Crippen LogP) is 15.5. The molecule has 0 aliphatic heterocycles. The van der Waals surface area contributed by atoms with Crippen molar-refractivity contribution in [2.24, 2.45) is 0 Å². The normalized spacial score (nSPS) is 14.7. The smallest absolute Gasteiger partial charge is 0.0714 e. The fourth-order valence-electron chi connectivity index (χ4n) is 10.2. The number of hydrogen-bond acceptors (Lipinski definition) is 1. The summed E-state index contributed by atoms with van der Waals surface area (Å²) in [5.74, 6) is 1.02. The fourth-order valence-corrected chi connectivity index (χ4v) is 10.2. The van der Waals surface area contributed by atoms with Crippen molar-refractivity contribution in [3.63, 3.8) is 0 Å². The molecular formula is C56H49N. The summed E-state index contributed by atoms with van der Waals surface area (Å²) in [6.07, 6.45) is 6.60. The molecule has 0 unspecified atom stereocenters. The van der Waals surface area contributed by atoms with Crippen molar-refractivity contribution in [3.8, 4) is 22.3 Å². The molecule has 8 aromatic carbocycles. The minimum atomic E-state index is -0.489. The van der Waals surface area contributed by atoms with Gasteiger partial charge in [-0.2, -0.15) is 0 Å². The van der Waals surface area contributed by atoms with Gasteiger partial charge >= 0.3 is 0 Å². The van der Waals surface area contributed by atoms with Gasteiger partial charge in [0.1, 0.15) is 0 Å². The first-order valence-electron chi connectivity index (χ1n) is 21.0. The van der Waals surface area contributed by atoms with E-state index >= 15 is 0 Å². The first-order chi connectivity index (χ1) is 28.1. The summed E-state index contributed by atoms with van der Waals surface area (Å²) < 4.78 is 0. The Morgan fingerprint density at radius 3 is 1.70 bits per heavy atom. The van der Waals surface area contributed by atoms with Crippen LogP contribution in [0.25, 0.3) is 33.0 Å². The van der Waals surface area contributed by atoms with E-state index in [2.05, 4.69) is 207 Å². The van der Waals surface area contributed by atoms with Crippen molar-refractivity contribution in [1.82, 2.24) is 0 Å². The molecule has 2 aliphatic carbocycles. The molecule has 1 fully saturated rings. The molecule has 278 valence electrons. The van der Waals surface area contributed by atoms with Crippen molar-refractivity contribution < 1.29 is 0 Å². The van der Waals surface area contributed by atoms with Crippen molar-refractivity contribution in [2.75, 3.05) is 4.90 Å². The van der Waals surface area contributed by atoms with Crippen LogP contribution in [-0.4, -0.2) is 0 Å². The predicted molar refractivity (Wildman–Crippen MR) is 241 cm³/mol. The number of fused-ring (bicyclic) bond motifs is 4. The average Bonchev–Trinajstić information content (AvgIpc) is 3.58. The standard InChI is InChI=1S/C56H49N/c1-39(2)48-26-14-15-27-49(48)52-36-42-20-12-13-21-43(42)37-55(52)57(46-32-30-41(31-33-46)40-18-6-3-7-19-40)47-34-35-51-50-28-16-17-29-53(50)56(54(51)38-47,44-22-8-4-9-23-44)45-24-10-5-11-25-45/h4-5,8-17,20-40H,3,6-7,18-19H2,1-2H3. The Balaban J connectivity index is 1.26. The Hall–Kier alpha value is -6.18. The van der Waals surface area contributed by atoms with Gasteiger partial charge in [-0.1, -0.05) is 185 Å². The average molecular weight is 736 g/mol. The van der Waals surface area contributed by atoms with Crippen LogP contribution in [0.3, 0.4) is 0 Å². The van der Waals surface area contributed by atoms with Gasteiger partial charge in [-0.15, -0.1) is 0 Å². The molecule has 1 heteroatoms. The number of rotatable bonds is 8. The van der Waals surface area contributed by atoms with Crippen LogP contribution in [0.2, 0.25) is 0 Å². The Morgan fingerprint density at radius 2 is 1.02 bits per heavy atom. The molecule has 0 aromatic heterocycles. The van der Waals surface area contributed by atoms with Crippen LogP contribution in [0.4, 0.5) is 17.1 Å². The number of benzene rings is 8. The lowest BCUT2D eigenvalue weighted by Gasteiger charge is -2.35. The summed E-state index contributed by atoms with van der Waals surface area (Å²) >= 11 is 0. The molecule has 0 spiro atoms. The lowest BCUT2D eigenvalue weighted by molar-refractivity contribution is 0.443. The molecule has 0 amide bonds. The summed E-state index contributed by atoms with van der Waals surface area (Å²) in [4.78, 5) is 2.55. The van der Waals surface area contributed by atoms with Crippen LogP contribution in [0, 0.1) is 0 Å². The molecule has 10 rings (SSSR count). The second-order valence-corrected chi connectivity index (χ2v) is 16.5. The highest BCUT2D eigenvalue weighted by atomic mass is 15.1. The summed E-state index contributed by atoms with van der Waals surface area (Å²) in [6.45, 7) is 4.62. The highest BCUT2D eigenvalue weighted by Crippen LogP contribution is 2.57. The van der Waals surface area contributed by atoms with Crippen LogP contribution in [0.1, 0.15) is 91.2 Å². The third-order valence-corrected chi connectivity index (χ3v) is 12.9. The lowest BCUT2D eigenvalue weighted by atomic mass is 9.67. The van der Waals surface area contributed by atoms with E-state index < -0.39 is 5.41 Å². The maximum atomic E-state index is 2.55. The molecule has 2 aliphatic rings. The zero-order valence-corrected chi connectivity index (χ0v) is 33.0. The molecule has 1 nitrogen and oxygen atoms in total. The van der Waals surface area contributed by atoms with Crippen LogP contribution >= 0.6 is 0 Å². The van der Waals surface area contributed by atoms with Gasteiger partial charge in [0.2, 0.25) is 0 Å². The summed E-state index contributed by atoms with van der Waals surface area (Å²) in [5.41, 5.74) is 16.2. The summed E-state index contributed by atoms with van der Waals surface area (Å²) in [7, 11) is 0. The van der Waals surface area contributed by atoms with Gasteiger partial charge in [0, 0.05) is 16.9 Å². The molecule has 0 heterocycles. The van der Waals surface area contributed by atoms with Gasteiger partial charge in [-0.05, 0) is 122 Å². The Kier molecular flexibility index (Phi) is 9.10. The maximum absolute atomic E-state index is 2.55. The topological polar surface area (TPSA) is 3.24 Å². The summed E-state index contributed by atoms with van der Waals surface area (Å²) in [6, 6.07) is 71.0. The van der Waals surface area contributed by atoms with Gasteiger partial charge in [-0.3, -0.25) is 0 Å². The largest absolute Gasteiger partial charge is 0.310 e. The quantitative estimate of drug-likeness (QED) is 0.150. The second kappa shape index (κ2) is 14.7. The molecule has 8 aromatic rings. The van der Waals surface area contributed by atoms with E-state index in [9.17, 15) is 0 Å². The van der Waals surface area contributed by atoms with Crippen LogP contribution < -0.4 is 4.90 Å². The molecule has 0 saturated heterocycles. The van der Waals surface area contributed by atoms with Crippen molar-refractivity contribution >= 4 is 27.8 Å². The van der Waals surface area contributed by atoms with Crippen molar-refractivity contribution in [1.29, 1.82) is 0 Å². The Bertz CT molecular complexity index is 2640. The van der Waals surface area contributed by atoms with E-state index in [-0.39, 0.29) is 0 Å². The van der Waals surface area contributed by atoms with Crippen LogP contribution in [0.15, 0.2) is 188 Å². The zero-order valence-electron chi connectivity index (χ0n) is 33.0. The van der Waals surface area contributed by atoms with E-state index in [0.717, 1.165) is 5.69 Å². The molecule has 0 bridgehead atoms. The van der Waals surface area contributed by atoms with Gasteiger partial charge in [0.05, 0.1) is 11.1 Å². The van der Waals surface area contributed by atoms with E-state index in [0.29, 0.717) is 11.8 Å². The zero-order chi connectivity index (χ0) is 38.3. The van der Waals surface area contributed by atoms with Crippen molar-refractivity contribution in [2.45, 2.75) is 63.2 Å². The van der Waals surface area contributed by atoms with Gasteiger partial charge in [-0.25, -0.2) is 0 Å². The van der Waals surface area contributed by atoms with Gasteiger partial charge < -0.3 is 4.90 Å². The summed E-state index contributed by atoms with van der Waals surface area (Å²) in [5, 5.41) is 2.48. The van der Waals surface area contributed by atoms with Crippen molar-refractivity contribution in [3.05, 3.63) is 221 Å². The Labute approximate surface area is 338 Å². The molecule has 57 heavy (non-hydrogen) atoms. The van der Waals surface area contributed by atoms with E-state index in [4.69, 9.17) is 0 Å². The molecule has 0 N–H and O–H groups in total. The number of hydrogen-bond donors (Lipinski definition) is 0. The van der Waals surface area contributed by atoms with E-state index in [1.807, 2.05) is 0 Å². The molecule has 1 saturated carbocycles. The minimum absolute atomic E-state index is 0.375. The first kappa shape index (κ1) is 35.2. The van der Waals surface area contributed by atoms with Crippen LogP contribution in [-0.2, 0) is 5.41 Å². The minimum Gasteiger partial charge on any atom is -0.310 e. The van der Waals surface area contributed by atoms with Crippen LogP contribution in [0.5, 0.6) is 0 Å². The molecule has 0 atom stereocenters. The van der Waals surface area contributed by atoms with Gasteiger partial charge in [0.25, 0.3) is 0 Å². The van der Waals surface area contributed by atoms with E-state index in [1.54, 1.807) is 0 Å². The SMILES string of the molecule is CC(C)c1ccccc1-c1cc2ccccc2cc1N(c1ccc(C2CCCCC2)cc1)c1ccc2c(c1)C(c1ccccc1)(c1ccccc1)c1ccccc1-2. The molecule has 0 radical (unpaired) electrons. The molecular weight excluding hydrogens is 687 g/mol. The monoisotopic (exact) mass is 735 g/mol. The second-order valence-electron chi connectivity index (χ2n) is 16.5. The van der Waals surface area contributed by atoms with Gasteiger partial charge in [0.15, 0.2) is 0 Å². The first-order valence-corrected chi connectivity index (χ1v) is 21.0.